The highest BCUT2D eigenvalue weighted by Crippen LogP contribution is 2.31. The van der Waals surface area contributed by atoms with Gasteiger partial charge in [0.05, 0.1) is 17.8 Å². The van der Waals surface area contributed by atoms with Crippen molar-refractivity contribution in [2.24, 2.45) is 11.7 Å². The molecule has 1 amide bonds. The van der Waals surface area contributed by atoms with Crippen molar-refractivity contribution in [2.45, 2.75) is 44.4 Å². The van der Waals surface area contributed by atoms with Crippen molar-refractivity contribution in [3.63, 3.8) is 0 Å². The first-order valence-electron chi connectivity index (χ1n) is 8.48. The molecule has 1 aliphatic carbocycles. The molecular weight excluding hydrogens is 363 g/mol. The zero-order valence-electron chi connectivity index (χ0n) is 14.1. The van der Waals surface area contributed by atoms with Crippen LogP contribution in [0.5, 0.6) is 0 Å². The monoisotopic (exact) mass is 383 g/mol. The molecule has 1 aromatic heterocycles. The fraction of sp³-hybridized carbons (Fsp3) is 0.444. The summed E-state index contributed by atoms with van der Waals surface area (Å²) in [6.45, 7) is 0.307. The van der Waals surface area contributed by atoms with Crippen LogP contribution in [0.25, 0.3) is 10.6 Å². The van der Waals surface area contributed by atoms with Gasteiger partial charge in [0, 0.05) is 22.9 Å². The van der Waals surface area contributed by atoms with Gasteiger partial charge < -0.3 is 11.1 Å². The number of halogens is 3. The Morgan fingerprint density at radius 3 is 2.65 bits per heavy atom. The lowest BCUT2D eigenvalue weighted by atomic mass is 9.85. The average Bonchev–Trinajstić information content (AvgIpc) is 3.08. The molecule has 2 aromatic rings. The molecular formula is C18H20F3N3OS. The molecule has 1 fully saturated rings. The topological polar surface area (TPSA) is 68.0 Å². The van der Waals surface area contributed by atoms with Crippen LogP contribution in [0.15, 0.2) is 29.6 Å². The van der Waals surface area contributed by atoms with E-state index in [-0.39, 0.29) is 17.9 Å². The van der Waals surface area contributed by atoms with E-state index in [9.17, 15) is 18.0 Å². The predicted molar refractivity (Wildman–Crippen MR) is 94.3 cm³/mol. The second kappa shape index (κ2) is 7.75. The minimum Gasteiger partial charge on any atom is -0.350 e. The number of nitrogens with zero attached hydrogens (tertiary/aromatic N) is 1. The fourth-order valence-electron chi connectivity index (χ4n) is 3.11. The number of rotatable bonds is 4. The molecule has 0 radical (unpaired) electrons. The highest BCUT2D eigenvalue weighted by molar-refractivity contribution is 7.13. The van der Waals surface area contributed by atoms with E-state index in [1.54, 1.807) is 5.38 Å². The number of alkyl halides is 3. The molecule has 3 N–H and O–H groups in total. The van der Waals surface area contributed by atoms with Gasteiger partial charge in [-0.25, -0.2) is 4.98 Å². The molecule has 1 aliphatic rings. The van der Waals surface area contributed by atoms with Crippen LogP contribution in [-0.2, 0) is 17.5 Å². The quantitative estimate of drug-likeness (QED) is 0.840. The summed E-state index contributed by atoms with van der Waals surface area (Å²) in [5.41, 5.74) is 6.55. The van der Waals surface area contributed by atoms with Gasteiger partial charge in [-0.2, -0.15) is 13.2 Å². The maximum absolute atomic E-state index is 12.6. The fourth-order valence-corrected chi connectivity index (χ4v) is 3.94. The zero-order chi connectivity index (χ0) is 18.7. The average molecular weight is 383 g/mol. The number of aromatic nitrogens is 1. The Hall–Kier alpha value is -1.93. The summed E-state index contributed by atoms with van der Waals surface area (Å²) < 4.78 is 37.9. The van der Waals surface area contributed by atoms with Crippen molar-refractivity contribution < 1.29 is 18.0 Å². The lowest BCUT2D eigenvalue weighted by molar-refractivity contribution is -0.137. The number of benzene rings is 1. The summed E-state index contributed by atoms with van der Waals surface area (Å²) in [6.07, 6.45) is -0.855. The number of carbonyl (C=O) groups excluding carboxylic acids is 1. The first-order chi connectivity index (χ1) is 12.3. The summed E-state index contributed by atoms with van der Waals surface area (Å²) >= 11 is 1.34. The second-order valence-corrected chi connectivity index (χ2v) is 7.42. The molecule has 0 spiro atoms. The van der Waals surface area contributed by atoms with Crippen LogP contribution in [0.2, 0.25) is 0 Å². The van der Waals surface area contributed by atoms with Gasteiger partial charge in [-0.15, -0.1) is 11.3 Å². The summed E-state index contributed by atoms with van der Waals surface area (Å²) in [5.74, 6) is -0.0593. The van der Waals surface area contributed by atoms with Gasteiger partial charge >= 0.3 is 6.18 Å². The molecule has 0 saturated heterocycles. The standard InChI is InChI=1S/C18H20F3N3OS/c19-18(20,21)13-6-4-11(5-7-13)17-24-15(10-26-17)9-23-16(25)12-2-1-3-14(22)8-12/h4-7,10,12,14H,1-3,8-9,22H2,(H,23,25). The van der Waals surface area contributed by atoms with Gasteiger partial charge in [0.1, 0.15) is 5.01 Å². The van der Waals surface area contributed by atoms with Crippen molar-refractivity contribution in [1.82, 2.24) is 10.3 Å². The molecule has 26 heavy (non-hydrogen) atoms. The largest absolute Gasteiger partial charge is 0.416 e. The molecule has 140 valence electrons. The minimum absolute atomic E-state index is 0.00997. The summed E-state index contributed by atoms with van der Waals surface area (Å²) in [5, 5.41) is 5.32. The zero-order valence-corrected chi connectivity index (χ0v) is 14.9. The summed E-state index contributed by atoms with van der Waals surface area (Å²) in [6, 6.07) is 5.00. The maximum Gasteiger partial charge on any atom is 0.416 e. The van der Waals surface area contributed by atoms with Crippen molar-refractivity contribution in [3.8, 4) is 10.6 Å². The molecule has 4 nitrogen and oxygen atoms in total. The number of hydrogen-bond donors (Lipinski definition) is 2. The first-order valence-corrected chi connectivity index (χ1v) is 9.36. The molecule has 0 aliphatic heterocycles. The molecule has 1 saturated carbocycles. The normalized spacial score (nSPS) is 20.8. The SMILES string of the molecule is NC1CCCC(C(=O)NCc2csc(-c3ccc(C(F)(F)F)cc3)n2)C1. The van der Waals surface area contributed by atoms with E-state index < -0.39 is 11.7 Å². The van der Waals surface area contributed by atoms with E-state index >= 15 is 0 Å². The van der Waals surface area contributed by atoms with Gasteiger partial charge in [0.15, 0.2) is 0 Å². The number of carbonyl (C=O) groups is 1. The van der Waals surface area contributed by atoms with E-state index in [1.165, 1.54) is 23.5 Å². The lowest BCUT2D eigenvalue weighted by Gasteiger charge is -2.25. The molecule has 2 unspecified atom stereocenters. The number of nitrogens with two attached hydrogens (primary N) is 1. The van der Waals surface area contributed by atoms with Gasteiger partial charge in [0.2, 0.25) is 5.91 Å². The third kappa shape index (κ3) is 4.62. The number of nitrogens with one attached hydrogen (secondary N) is 1. The Bertz CT molecular complexity index is 758. The first kappa shape index (κ1) is 18.8. The van der Waals surface area contributed by atoms with Crippen molar-refractivity contribution >= 4 is 17.2 Å². The van der Waals surface area contributed by atoms with Crippen molar-refractivity contribution in [1.29, 1.82) is 0 Å². The number of amides is 1. The van der Waals surface area contributed by atoms with Gasteiger partial charge in [-0.1, -0.05) is 18.6 Å². The highest BCUT2D eigenvalue weighted by Gasteiger charge is 2.30. The van der Waals surface area contributed by atoms with Crippen LogP contribution >= 0.6 is 11.3 Å². The Balaban J connectivity index is 1.58. The summed E-state index contributed by atoms with van der Waals surface area (Å²) in [7, 11) is 0. The number of thiazole rings is 1. The Kier molecular flexibility index (Phi) is 5.62. The molecule has 0 bridgehead atoms. The van der Waals surface area contributed by atoms with Crippen LogP contribution in [0, 0.1) is 5.92 Å². The van der Waals surface area contributed by atoms with Gasteiger partial charge in [0.25, 0.3) is 0 Å². The van der Waals surface area contributed by atoms with E-state index in [0.717, 1.165) is 31.4 Å². The van der Waals surface area contributed by atoms with Crippen LogP contribution in [-0.4, -0.2) is 16.9 Å². The van der Waals surface area contributed by atoms with E-state index in [2.05, 4.69) is 10.3 Å². The minimum atomic E-state index is -4.35. The maximum atomic E-state index is 12.6. The molecule has 1 heterocycles. The van der Waals surface area contributed by atoms with Crippen molar-refractivity contribution in [3.05, 3.63) is 40.9 Å². The van der Waals surface area contributed by atoms with Crippen LogP contribution in [0.3, 0.4) is 0 Å². The molecule has 3 rings (SSSR count). The van der Waals surface area contributed by atoms with Crippen LogP contribution < -0.4 is 11.1 Å². The predicted octanol–water partition coefficient (Wildman–Crippen LogP) is 3.96. The Morgan fingerprint density at radius 2 is 2.00 bits per heavy atom. The highest BCUT2D eigenvalue weighted by atomic mass is 32.1. The second-order valence-electron chi connectivity index (χ2n) is 6.56. The van der Waals surface area contributed by atoms with Gasteiger partial charge in [-0.05, 0) is 31.4 Å². The van der Waals surface area contributed by atoms with E-state index in [0.29, 0.717) is 29.2 Å². The van der Waals surface area contributed by atoms with Crippen LogP contribution in [0.1, 0.15) is 36.9 Å². The third-order valence-electron chi connectivity index (χ3n) is 4.54. The van der Waals surface area contributed by atoms with Crippen molar-refractivity contribution in [2.75, 3.05) is 0 Å². The molecule has 1 aromatic carbocycles. The molecule has 8 heteroatoms. The van der Waals surface area contributed by atoms with Crippen LogP contribution in [0.4, 0.5) is 13.2 Å². The van der Waals surface area contributed by atoms with E-state index in [4.69, 9.17) is 5.73 Å². The third-order valence-corrected chi connectivity index (χ3v) is 5.48. The lowest BCUT2D eigenvalue weighted by Crippen LogP contribution is -2.37. The molecule has 2 atom stereocenters. The smallest absolute Gasteiger partial charge is 0.350 e. The van der Waals surface area contributed by atoms with E-state index in [1.807, 2.05) is 0 Å². The summed E-state index contributed by atoms with van der Waals surface area (Å²) in [4.78, 5) is 16.6. The number of hydrogen-bond acceptors (Lipinski definition) is 4. The van der Waals surface area contributed by atoms with Gasteiger partial charge in [-0.3, -0.25) is 4.79 Å². The Morgan fingerprint density at radius 1 is 1.27 bits per heavy atom. The Labute approximate surface area is 153 Å².